The molecule has 0 aromatic heterocycles. The first-order valence-electron chi connectivity index (χ1n) is 9.12. The van der Waals surface area contributed by atoms with Crippen LogP contribution >= 0.6 is 11.6 Å². The molecule has 1 aromatic rings. The van der Waals surface area contributed by atoms with Crippen LogP contribution in [0.3, 0.4) is 0 Å². The average molecular weight is 476 g/mol. The van der Waals surface area contributed by atoms with Crippen LogP contribution in [0.15, 0.2) is 18.2 Å². The van der Waals surface area contributed by atoms with Gasteiger partial charge in [-0.3, -0.25) is 0 Å². The fourth-order valence-electron chi connectivity index (χ4n) is 3.39. The molecule has 2 amide bonds. The lowest BCUT2D eigenvalue weighted by Crippen LogP contribution is -2.63. The van der Waals surface area contributed by atoms with Crippen molar-refractivity contribution in [2.24, 2.45) is 5.41 Å². The van der Waals surface area contributed by atoms with Gasteiger partial charge in [-0.15, -0.1) is 0 Å². The number of carboxylic acids is 1. The van der Waals surface area contributed by atoms with Gasteiger partial charge >= 0.3 is 24.4 Å². The Hall–Kier alpha value is -2.21. The van der Waals surface area contributed by atoms with Gasteiger partial charge in [0.05, 0.1) is 5.56 Å². The molecule has 3 rings (SSSR count). The summed E-state index contributed by atoms with van der Waals surface area (Å²) in [5.41, 5.74) is -0.251. The molecule has 31 heavy (non-hydrogen) atoms. The molecule has 0 saturated carbocycles. The molecule has 174 valence electrons. The van der Waals surface area contributed by atoms with Gasteiger partial charge in [0.25, 0.3) is 0 Å². The Morgan fingerprint density at radius 3 is 2.13 bits per heavy atom. The lowest BCUT2D eigenvalue weighted by molar-refractivity contribution is -0.192. The summed E-state index contributed by atoms with van der Waals surface area (Å²) in [5.74, 6) is -2.76. The van der Waals surface area contributed by atoms with Crippen LogP contribution in [0.25, 0.3) is 0 Å². The third kappa shape index (κ3) is 7.17. The molecule has 0 bridgehead atoms. The highest BCUT2D eigenvalue weighted by atomic mass is 35.5. The Morgan fingerprint density at radius 1 is 1.10 bits per heavy atom. The molecule has 0 atom stereocenters. The number of urea groups is 1. The molecule has 3 N–H and O–H groups in total. The maximum Gasteiger partial charge on any atom is 0.490 e. The van der Waals surface area contributed by atoms with Crippen LogP contribution < -0.4 is 10.6 Å². The van der Waals surface area contributed by atoms with E-state index in [-0.39, 0.29) is 23.0 Å². The molecule has 0 aliphatic carbocycles. The molecule has 0 radical (unpaired) electrons. The van der Waals surface area contributed by atoms with Crippen molar-refractivity contribution in [3.63, 3.8) is 0 Å². The molecule has 2 fully saturated rings. The first-order chi connectivity index (χ1) is 14.2. The summed E-state index contributed by atoms with van der Waals surface area (Å²) in [6.45, 7) is 3.39. The minimum Gasteiger partial charge on any atom is -0.475 e. The Labute approximate surface area is 178 Å². The summed E-state index contributed by atoms with van der Waals surface area (Å²) in [7, 11) is 0. The van der Waals surface area contributed by atoms with Gasteiger partial charge in [0.1, 0.15) is 0 Å². The van der Waals surface area contributed by atoms with Crippen LogP contribution in [0.1, 0.15) is 24.0 Å². The Kier molecular flexibility index (Phi) is 7.69. The van der Waals surface area contributed by atoms with Gasteiger partial charge in [-0.25, -0.2) is 9.59 Å². The number of likely N-dealkylation sites (tertiary alicyclic amines) is 1. The first-order valence-corrected chi connectivity index (χ1v) is 9.50. The molecular weight excluding hydrogens is 456 g/mol. The fraction of sp³-hybridized carbons (Fsp3) is 0.556. The van der Waals surface area contributed by atoms with Crippen LogP contribution in [0.5, 0.6) is 0 Å². The number of halogens is 7. The van der Waals surface area contributed by atoms with Gasteiger partial charge in [-0.2, -0.15) is 26.3 Å². The molecule has 1 spiro atoms. The van der Waals surface area contributed by atoms with Crippen LogP contribution in [-0.2, 0) is 17.5 Å². The van der Waals surface area contributed by atoms with E-state index in [9.17, 15) is 31.1 Å². The van der Waals surface area contributed by atoms with Crippen molar-refractivity contribution in [2.45, 2.75) is 31.7 Å². The molecule has 2 heterocycles. The number of hydrogen-bond donors (Lipinski definition) is 3. The van der Waals surface area contributed by atoms with Crippen molar-refractivity contribution in [1.29, 1.82) is 0 Å². The van der Waals surface area contributed by atoms with E-state index in [1.807, 2.05) is 0 Å². The van der Waals surface area contributed by atoms with Gasteiger partial charge in [0, 0.05) is 30.1 Å². The molecule has 1 aromatic carbocycles. The number of hydrogen-bond acceptors (Lipinski definition) is 3. The quantitative estimate of drug-likeness (QED) is 0.567. The van der Waals surface area contributed by atoms with Gasteiger partial charge in [0.15, 0.2) is 0 Å². The summed E-state index contributed by atoms with van der Waals surface area (Å²) in [6.07, 6.45) is -7.43. The topological polar surface area (TPSA) is 81.7 Å². The number of carbonyl (C=O) groups excluding carboxylic acids is 1. The van der Waals surface area contributed by atoms with Crippen molar-refractivity contribution in [1.82, 2.24) is 15.5 Å². The second-order valence-electron chi connectivity index (χ2n) is 7.41. The third-order valence-corrected chi connectivity index (χ3v) is 5.19. The SMILES string of the molecule is O=C(NCc1cc(Cl)cc(C(F)(F)F)c1)N1CC2(CCNCC2)C1.O=C(O)C(F)(F)F. The van der Waals surface area contributed by atoms with Gasteiger partial charge in [0.2, 0.25) is 0 Å². The van der Waals surface area contributed by atoms with E-state index in [1.54, 1.807) is 4.90 Å². The van der Waals surface area contributed by atoms with Gasteiger partial charge in [-0.1, -0.05) is 11.6 Å². The minimum absolute atomic E-state index is 0.00619. The van der Waals surface area contributed by atoms with Gasteiger partial charge in [-0.05, 0) is 49.7 Å². The number of benzene rings is 1. The number of aliphatic carboxylic acids is 1. The lowest BCUT2D eigenvalue weighted by atomic mass is 9.72. The second-order valence-corrected chi connectivity index (χ2v) is 7.85. The molecule has 6 nitrogen and oxygen atoms in total. The van der Waals surface area contributed by atoms with E-state index in [4.69, 9.17) is 21.5 Å². The highest BCUT2D eigenvalue weighted by Crippen LogP contribution is 2.38. The average Bonchev–Trinajstić information content (AvgIpc) is 2.63. The van der Waals surface area contributed by atoms with Gasteiger partial charge < -0.3 is 20.6 Å². The minimum atomic E-state index is -5.08. The zero-order valence-corrected chi connectivity index (χ0v) is 16.8. The normalized spacial score (nSPS) is 18.0. The molecule has 0 unspecified atom stereocenters. The van der Waals surface area contributed by atoms with Crippen LogP contribution in [0.2, 0.25) is 5.02 Å². The monoisotopic (exact) mass is 475 g/mol. The standard InChI is InChI=1S/C16H19ClF3N3O.C2HF3O2/c17-13-6-11(5-12(7-13)16(18,19)20)8-22-14(24)23-9-15(10-23)1-3-21-4-2-15;3-2(4,5)1(6)7/h5-7,21H,1-4,8-10H2,(H,22,24);(H,6,7). The summed E-state index contributed by atoms with van der Waals surface area (Å²) < 4.78 is 70.1. The highest BCUT2D eigenvalue weighted by molar-refractivity contribution is 6.30. The zero-order valence-electron chi connectivity index (χ0n) is 16.0. The maximum atomic E-state index is 12.8. The van der Waals surface area contributed by atoms with Crippen molar-refractivity contribution >= 4 is 23.6 Å². The second kappa shape index (κ2) is 9.51. The van der Waals surface area contributed by atoms with Crippen LogP contribution in [0, 0.1) is 5.41 Å². The van der Waals surface area contributed by atoms with E-state index >= 15 is 0 Å². The summed E-state index contributed by atoms with van der Waals surface area (Å²) in [6, 6.07) is 3.08. The Morgan fingerprint density at radius 2 is 1.65 bits per heavy atom. The third-order valence-electron chi connectivity index (χ3n) is 4.98. The summed E-state index contributed by atoms with van der Waals surface area (Å²) in [5, 5.41) is 13.1. The number of carboxylic acid groups (broad SMARTS) is 1. The molecule has 2 saturated heterocycles. The van der Waals surface area contributed by atoms with Crippen molar-refractivity contribution < 1.29 is 41.0 Å². The highest BCUT2D eigenvalue weighted by Gasteiger charge is 2.45. The van der Waals surface area contributed by atoms with E-state index in [1.165, 1.54) is 6.07 Å². The maximum absolute atomic E-state index is 12.8. The number of amides is 2. The predicted octanol–water partition coefficient (Wildman–Crippen LogP) is 3.89. The van der Waals surface area contributed by atoms with E-state index in [0.717, 1.165) is 38.1 Å². The number of rotatable bonds is 2. The predicted molar refractivity (Wildman–Crippen MR) is 98.5 cm³/mol. The smallest absolute Gasteiger partial charge is 0.475 e. The molecular formula is C18H20ClF6N3O3. The number of nitrogens with one attached hydrogen (secondary N) is 2. The molecule has 13 heteroatoms. The number of carbonyl (C=O) groups is 2. The van der Waals surface area contributed by atoms with E-state index in [2.05, 4.69) is 10.6 Å². The first kappa shape index (κ1) is 25.1. The molecule has 2 aliphatic rings. The summed E-state index contributed by atoms with van der Waals surface area (Å²) >= 11 is 5.74. The van der Waals surface area contributed by atoms with Crippen LogP contribution in [-0.4, -0.2) is 54.4 Å². The Balaban J connectivity index is 0.000000423. The largest absolute Gasteiger partial charge is 0.490 e. The number of alkyl halides is 6. The van der Waals surface area contributed by atoms with E-state index < -0.39 is 23.9 Å². The van der Waals surface area contributed by atoms with Crippen molar-refractivity contribution in [3.8, 4) is 0 Å². The number of nitrogens with zero attached hydrogens (tertiary/aromatic N) is 1. The fourth-order valence-corrected chi connectivity index (χ4v) is 3.64. The summed E-state index contributed by atoms with van der Waals surface area (Å²) in [4.78, 5) is 22.7. The van der Waals surface area contributed by atoms with E-state index in [0.29, 0.717) is 18.7 Å². The number of piperidine rings is 1. The lowest BCUT2D eigenvalue weighted by Gasteiger charge is -2.52. The van der Waals surface area contributed by atoms with Crippen molar-refractivity contribution in [3.05, 3.63) is 34.3 Å². The van der Waals surface area contributed by atoms with Crippen molar-refractivity contribution in [2.75, 3.05) is 26.2 Å². The zero-order chi connectivity index (χ0) is 23.4. The molecule has 2 aliphatic heterocycles. The Bertz CT molecular complexity index is 802. The van der Waals surface area contributed by atoms with Crippen LogP contribution in [0.4, 0.5) is 31.1 Å².